The van der Waals surface area contributed by atoms with E-state index in [1.165, 1.54) is 6.07 Å². The van der Waals surface area contributed by atoms with Crippen LogP contribution in [0, 0.1) is 13.8 Å². The molecule has 0 unspecified atom stereocenters. The van der Waals surface area contributed by atoms with Crippen LogP contribution in [0.2, 0.25) is 0 Å². The van der Waals surface area contributed by atoms with Crippen molar-refractivity contribution in [2.24, 2.45) is 0 Å². The second-order valence-electron chi connectivity index (χ2n) is 5.19. The second kappa shape index (κ2) is 6.68. The number of alkyl halides is 3. The molecule has 8 heteroatoms. The zero-order valence-corrected chi connectivity index (χ0v) is 13.4. The minimum absolute atomic E-state index is 0.149. The average Bonchev–Trinajstić information content (AvgIpc) is 2.35. The molecule has 22 heavy (non-hydrogen) atoms. The lowest BCUT2D eigenvalue weighted by Gasteiger charge is -2.26. The van der Waals surface area contributed by atoms with Gasteiger partial charge in [0.15, 0.2) is 0 Å². The van der Waals surface area contributed by atoms with E-state index in [-0.39, 0.29) is 5.69 Å². The van der Waals surface area contributed by atoms with Gasteiger partial charge in [0.05, 0.1) is 5.75 Å². The molecule has 0 aliphatic rings. The van der Waals surface area contributed by atoms with Gasteiger partial charge in [-0.25, -0.2) is 8.42 Å². The van der Waals surface area contributed by atoms with Crippen molar-refractivity contribution >= 4 is 21.4 Å². The first-order valence-corrected chi connectivity index (χ1v) is 8.58. The highest BCUT2D eigenvalue weighted by Gasteiger charge is 2.34. The highest BCUT2D eigenvalue weighted by molar-refractivity contribution is 7.90. The second-order valence-corrected chi connectivity index (χ2v) is 7.45. The van der Waals surface area contributed by atoms with Crippen LogP contribution in [0.25, 0.3) is 0 Å². The Morgan fingerprint density at radius 3 is 2.32 bits per heavy atom. The van der Waals surface area contributed by atoms with Crippen LogP contribution in [-0.4, -0.2) is 39.1 Å². The van der Waals surface area contributed by atoms with E-state index in [9.17, 15) is 26.4 Å². The monoisotopic (exact) mass is 337 g/mol. The number of amides is 1. The Bertz CT molecular complexity index is 654. The minimum atomic E-state index is -4.57. The van der Waals surface area contributed by atoms with E-state index in [1.807, 2.05) is 0 Å². The number of nitrogens with zero attached hydrogens (tertiary/aromatic N) is 1. The van der Waals surface area contributed by atoms with Crippen LogP contribution >= 0.6 is 0 Å². The van der Waals surface area contributed by atoms with Gasteiger partial charge in [-0.05, 0) is 31.0 Å². The van der Waals surface area contributed by atoms with Crippen molar-refractivity contribution in [2.75, 3.05) is 23.5 Å². The third-order valence-corrected chi connectivity index (χ3v) is 4.14. The molecule has 0 aliphatic carbocycles. The number of anilines is 1. The van der Waals surface area contributed by atoms with Crippen LogP contribution in [0.1, 0.15) is 17.5 Å². The predicted molar refractivity (Wildman–Crippen MR) is 78.7 cm³/mol. The number of aryl methyl sites for hydroxylation is 1. The summed E-state index contributed by atoms with van der Waals surface area (Å²) in [7, 11) is -3.43. The minimum Gasteiger partial charge on any atom is -0.303 e. The molecule has 1 aromatic carbocycles. The Balaban J connectivity index is 3.13. The fraction of sp³-hybridized carbons (Fsp3) is 0.500. The van der Waals surface area contributed by atoms with Crippen LogP contribution in [0.4, 0.5) is 18.9 Å². The molecule has 0 saturated carbocycles. The molecular weight excluding hydrogens is 319 g/mol. The van der Waals surface area contributed by atoms with Crippen molar-refractivity contribution in [3.05, 3.63) is 29.3 Å². The van der Waals surface area contributed by atoms with Gasteiger partial charge < -0.3 is 4.90 Å². The van der Waals surface area contributed by atoms with Crippen molar-refractivity contribution in [3.63, 3.8) is 0 Å². The van der Waals surface area contributed by atoms with Crippen LogP contribution in [-0.2, 0) is 14.6 Å². The lowest BCUT2D eigenvalue weighted by atomic mass is 10.1. The van der Waals surface area contributed by atoms with E-state index in [0.29, 0.717) is 10.5 Å². The van der Waals surface area contributed by atoms with Crippen molar-refractivity contribution in [3.8, 4) is 0 Å². The Kier molecular flexibility index (Phi) is 5.61. The SMILES string of the molecule is Cc1cccc(N(CC(F)(F)F)C(=O)CCS(C)(=O)=O)c1C. The first kappa shape index (κ1) is 18.5. The first-order valence-electron chi connectivity index (χ1n) is 6.52. The highest BCUT2D eigenvalue weighted by Crippen LogP contribution is 2.27. The molecule has 0 aliphatic heterocycles. The Hall–Kier alpha value is -1.57. The zero-order valence-electron chi connectivity index (χ0n) is 12.6. The number of hydrogen-bond acceptors (Lipinski definition) is 3. The average molecular weight is 337 g/mol. The Labute approximate surface area is 127 Å². The van der Waals surface area contributed by atoms with Crippen molar-refractivity contribution in [2.45, 2.75) is 26.4 Å². The maximum absolute atomic E-state index is 12.7. The third kappa shape index (κ3) is 5.67. The van der Waals surface area contributed by atoms with E-state index in [0.717, 1.165) is 11.8 Å². The van der Waals surface area contributed by atoms with Crippen molar-refractivity contribution < 1.29 is 26.4 Å². The lowest BCUT2D eigenvalue weighted by molar-refractivity contribution is -0.132. The maximum Gasteiger partial charge on any atom is 0.406 e. The Morgan fingerprint density at radius 2 is 1.82 bits per heavy atom. The van der Waals surface area contributed by atoms with Gasteiger partial charge in [0.2, 0.25) is 5.91 Å². The summed E-state index contributed by atoms with van der Waals surface area (Å²) in [6.07, 6.45) is -4.12. The number of rotatable bonds is 5. The fourth-order valence-electron chi connectivity index (χ4n) is 1.92. The molecule has 0 fully saturated rings. The molecule has 0 heterocycles. The van der Waals surface area contributed by atoms with Gasteiger partial charge in [-0.3, -0.25) is 4.79 Å². The number of benzene rings is 1. The van der Waals surface area contributed by atoms with E-state index >= 15 is 0 Å². The molecule has 4 nitrogen and oxygen atoms in total. The Morgan fingerprint density at radius 1 is 1.23 bits per heavy atom. The van der Waals surface area contributed by atoms with E-state index in [4.69, 9.17) is 0 Å². The molecule has 0 N–H and O–H groups in total. The summed E-state index contributed by atoms with van der Waals surface area (Å²) in [5.74, 6) is -1.35. The lowest BCUT2D eigenvalue weighted by Crippen LogP contribution is -2.40. The van der Waals surface area contributed by atoms with E-state index in [2.05, 4.69) is 0 Å². The fourth-order valence-corrected chi connectivity index (χ4v) is 2.47. The van der Waals surface area contributed by atoms with Gasteiger partial charge in [0, 0.05) is 18.4 Å². The maximum atomic E-state index is 12.7. The molecule has 1 amide bonds. The number of carbonyl (C=O) groups excluding carboxylic acids is 1. The summed E-state index contributed by atoms with van der Waals surface area (Å²) in [5.41, 5.74) is 1.45. The standard InChI is InChI=1S/C14H18F3NO3S/c1-10-5-4-6-12(11(10)2)18(9-14(15,16)17)13(19)7-8-22(3,20)21/h4-6H,7-9H2,1-3H3. The van der Waals surface area contributed by atoms with Gasteiger partial charge >= 0.3 is 6.18 Å². The smallest absolute Gasteiger partial charge is 0.303 e. The molecule has 1 aromatic rings. The van der Waals surface area contributed by atoms with Crippen molar-refractivity contribution in [1.29, 1.82) is 0 Å². The topological polar surface area (TPSA) is 54.5 Å². The van der Waals surface area contributed by atoms with Crippen molar-refractivity contribution in [1.82, 2.24) is 0 Å². The van der Waals surface area contributed by atoms with Crippen LogP contribution in [0.15, 0.2) is 18.2 Å². The van der Waals surface area contributed by atoms with Gasteiger partial charge in [-0.15, -0.1) is 0 Å². The number of sulfone groups is 1. The third-order valence-electron chi connectivity index (χ3n) is 3.19. The number of hydrogen-bond donors (Lipinski definition) is 0. The molecule has 0 bridgehead atoms. The predicted octanol–water partition coefficient (Wildman–Crippen LogP) is 2.63. The normalized spacial score (nSPS) is 12.3. The molecule has 0 atom stereocenters. The van der Waals surface area contributed by atoms with Crippen LogP contribution in [0.3, 0.4) is 0 Å². The molecule has 1 rings (SSSR count). The van der Waals surface area contributed by atoms with Gasteiger partial charge in [0.25, 0.3) is 0 Å². The van der Waals surface area contributed by atoms with E-state index < -0.39 is 40.6 Å². The van der Waals surface area contributed by atoms with Gasteiger partial charge in [0.1, 0.15) is 16.4 Å². The summed E-state index contributed by atoms with van der Waals surface area (Å²) < 4.78 is 60.5. The zero-order chi connectivity index (χ0) is 17.1. The molecule has 0 spiro atoms. The highest BCUT2D eigenvalue weighted by atomic mass is 32.2. The van der Waals surface area contributed by atoms with Crippen LogP contribution < -0.4 is 4.90 Å². The van der Waals surface area contributed by atoms with Gasteiger partial charge in [-0.2, -0.15) is 13.2 Å². The summed E-state index contributed by atoms with van der Waals surface area (Å²) in [4.78, 5) is 12.7. The summed E-state index contributed by atoms with van der Waals surface area (Å²) in [6, 6.07) is 4.71. The molecule has 0 saturated heterocycles. The molecule has 0 radical (unpaired) electrons. The molecule has 124 valence electrons. The largest absolute Gasteiger partial charge is 0.406 e. The number of carbonyl (C=O) groups is 1. The summed E-state index contributed by atoms with van der Waals surface area (Å²) in [6.45, 7) is 1.91. The summed E-state index contributed by atoms with van der Waals surface area (Å²) in [5, 5.41) is 0. The molecule has 0 aromatic heterocycles. The van der Waals surface area contributed by atoms with Gasteiger partial charge in [-0.1, -0.05) is 12.1 Å². The quantitative estimate of drug-likeness (QED) is 0.830. The molecular formula is C14H18F3NO3S. The first-order chi connectivity index (χ1) is 9.91. The van der Waals surface area contributed by atoms with E-state index in [1.54, 1.807) is 26.0 Å². The van der Waals surface area contributed by atoms with Crippen LogP contribution in [0.5, 0.6) is 0 Å². The summed E-state index contributed by atoms with van der Waals surface area (Å²) >= 11 is 0. The number of halogens is 3.